The lowest BCUT2D eigenvalue weighted by molar-refractivity contribution is -0.112. The maximum Gasteiger partial charge on any atom is 0.251 e. The fraction of sp³-hybridized carbons (Fsp3) is 0.0833. The van der Waals surface area contributed by atoms with Gasteiger partial charge in [-0.3, -0.25) is 9.59 Å². The SMILES string of the molecule is Cn1cc(NC(=O)C2=CC(c3cccc(Oc4ccccc4)c3)=CC2)ccc1=O. The highest BCUT2D eigenvalue weighted by Gasteiger charge is 2.16. The molecule has 3 aromatic rings. The number of aromatic nitrogens is 1. The maximum absolute atomic E-state index is 12.6. The van der Waals surface area contributed by atoms with Gasteiger partial charge in [-0.25, -0.2) is 0 Å². The van der Waals surface area contributed by atoms with Crippen LogP contribution in [0.5, 0.6) is 11.5 Å². The van der Waals surface area contributed by atoms with Crippen LogP contribution in [0.3, 0.4) is 0 Å². The van der Waals surface area contributed by atoms with Gasteiger partial charge in [-0.15, -0.1) is 0 Å². The van der Waals surface area contributed by atoms with Gasteiger partial charge in [-0.05, 0) is 54.0 Å². The number of hydrogen-bond donors (Lipinski definition) is 1. The lowest BCUT2D eigenvalue weighted by atomic mass is 10.1. The van der Waals surface area contributed by atoms with Gasteiger partial charge in [-0.1, -0.05) is 36.4 Å². The minimum atomic E-state index is -0.174. The van der Waals surface area contributed by atoms with Crippen molar-refractivity contribution in [2.75, 3.05) is 5.32 Å². The molecule has 0 saturated heterocycles. The minimum absolute atomic E-state index is 0.121. The first kappa shape index (κ1) is 18.5. The van der Waals surface area contributed by atoms with Gasteiger partial charge in [0.25, 0.3) is 5.91 Å². The van der Waals surface area contributed by atoms with Crippen LogP contribution in [0.2, 0.25) is 0 Å². The summed E-state index contributed by atoms with van der Waals surface area (Å²) in [5.41, 5.74) is 3.11. The first-order valence-electron chi connectivity index (χ1n) is 9.30. The van der Waals surface area contributed by atoms with Crippen LogP contribution in [-0.4, -0.2) is 10.5 Å². The number of nitrogens with zero attached hydrogens (tertiary/aromatic N) is 1. The van der Waals surface area contributed by atoms with Crippen LogP contribution >= 0.6 is 0 Å². The van der Waals surface area contributed by atoms with Crippen LogP contribution in [0.15, 0.2) is 95.4 Å². The van der Waals surface area contributed by atoms with Crippen molar-refractivity contribution < 1.29 is 9.53 Å². The summed E-state index contributed by atoms with van der Waals surface area (Å²) in [6.07, 6.45) is 6.07. The van der Waals surface area contributed by atoms with Crippen molar-refractivity contribution in [2.45, 2.75) is 6.42 Å². The summed E-state index contributed by atoms with van der Waals surface area (Å²) in [6.45, 7) is 0. The summed E-state index contributed by atoms with van der Waals surface area (Å²) in [5.74, 6) is 1.34. The Morgan fingerprint density at radius 2 is 1.79 bits per heavy atom. The number of aryl methyl sites for hydroxylation is 1. The van der Waals surface area contributed by atoms with Gasteiger partial charge >= 0.3 is 0 Å². The second-order valence-electron chi connectivity index (χ2n) is 6.80. The highest BCUT2D eigenvalue weighted by Crippen LogP contribution is 2.30. The highest BCUT2D eigenvalue weighted by molar-refractivity contribution is 6.07. The van der Waals surface area contributed by atoms with E-state index in [9.17, 15) is 9.59 Å². The summed E-state index contributed by atoms with van der Waals surface area (Å²) in [7, 11) is 1.65. The van der Waals surface area contributed by atoms with E-state index in [1.165, 1.54) is 10.6 Å². The van der Waals surface area contributed by atoms with E-state index in [1.54, 1.807) is 19.3 Å². The molecule has 1 aromatic heterocycles. The Morgan fingerprint density at radius 3 is 2.59 bits per heavy atom. The molecule has 144 valence electrons. The maximum atomic E-state index is 12.6. The van der Waals surface area contributed by atoms with E-state index in [-0.39, 0.29) is 11.5 Å². The van der Waals surface area contributed by atoms with Crippen LogP contribution in [0, 0.1) is 0 Å². The Bertz CT molecular complexity index is 1170. The molecule has 0 aliphatic heterocycles. The van der Waals surface area contributed by atoms with Crippen molar-refractivity contribution in [3.8, 4) is 11.5 Å². The topological polar surface area (TPSA) is 60.3 Å². The highest BCUT2D eigenvalue weighted by atomic mass is 16.5. The van der Waals surface area contributed by atoms with Crippen molar-refractivity contribution in [3.63, 3.8) is 0 Å². The predicted octanol–water partition coefficient (Wildman–Crippen LogP) is 4.53. The molecule has 0 atom stereocenters. The molecule has 0 spiro atoms. The number of nitrogens with one attached hydrogen (secondary N) is 1. The first-order chi connectivity index (χ1) is 14.1. The summed E-state index contributed by atoms with van der Waals surface area (Å²) in [6, 6.07) is 20.4. The van der Waals surface area contributed by atoms with E-state index in [0.717, 1.165) is 22.6 Å². The van der Waals surface area contributed by atoms with Crippen LogP contribution in [0.25, 0.3) is 5.57 Å². The molecule has 5 heteroatoms. The number of pyridine rings is 1. The molecule has 1 aliphatic rings. The van der Waals surface area contributed by atoms with Crippen molar-refractivity contribution >= 4 is 17.2 Å². The molecule has 0 radical (unpaired) electrons. The van der Waals surface area contributed by atoms with E-state index < -0.39 is 0 Å². The zero-order chi connectivity index (χ0) is 20.2. The number of hydrogen-bond acceptors (Lipinski definition) is 3. The molecule has 0 fully saturated rings. The van der Waals surface area contributed by atoms with Gasteiger partial charge in [-0.2, -0.15) is 0 Å². The second-order valence-corrected chi connectivity index (χ2v) is 6.80. The van der Waals surface area contributed by atoms with Crippen LogP contribution in [-0.2, 0) is 11.8 Å². The zero-order valence-corrected chi connectivity index (χ0v) is 16.0. The first-order valence-corrected chi connectivity index (χ1v) is 9.30. The Balaban J connectivity index is 1.47. The molecular formula is C24H20N2O3. The summed E-state index contributed by atoms with van der Waals surface area (Å²) < 4.78 is 7.33. The van der Waals surface area contributed by atoms with Gasteiger partial charge in [0.1, 0.15) is 11.5 Å². The van der Waals surface area contributed by atoms with E-state index in [1.807, 2.05) is 66.7 Å². The molecule has 0 bridgehead atoms. The third kappa shape index (κ3) is 4.35. The van der Waals surface area contributed by atoms with Crippen molar-refractivity contribution in [2.24, 2.45) is 7.05 Å². The van der Waals surface area contributed by atoms with Gasteiger partial charge in [0.15, 0.2) is 0 Å². The summed E-state index contributed by atoms with van der Waals surface area (Å²) in [4.78, 5) is 24.0. The molecule has 2 aromatic carbocycles. The van der Waals surface area contributed by atoms with E-state index in [4.69, 9.17) is 4.74 Å². The standard InChI is InChI=1S/C24H20N2O3/c1-26-16-20(12-13-23(26)27)25-24(28)19-11-10-18(14-19)17-6-5-9-22(15-17)29-21-7-3-2-4-8-21/h2-10,12-16H,11H2,1H3,(H,25,28). The third-order valence-corrected chi connectivity index (χ3v) is 4.65. The Morgan fingerprint density at radius 1 is 1.00 bits per heavy atom. The van der Waals surface area contributed by atoms with Crippen LogP contribution < -0.4 is 15.6 Å². The summed E-state index contributed by atoms with van der Waals surface area (Å²) >= 11 is 0. The van der Waals surface area contributed by atoms with Gasteiger partial charge in [0.2, 0.25) is 5.56 Å². The van der Waals surface area contributed by atoms with Gasteiger partial charge in [0, 0.05) is 24.9 Å². The number of carbonyl (C=O) groups excluding carboxylic acids is 1. The number of para-hydroxylation sites is 1. The van der Waals surface area contributed by atoms with Crippen molar-refractivity contribution in [1.29, 1.82) is 0 Å². The number of ether oxygens (including phenoxy) is 1. The van der Waals surface area contributed by atoms with Crippen LogP contribution in [0.1, 0.15) is 12.0 Å². The molecule has 1 N–H and O–H groups in total. The average Bonchev–Trinajstić information content (AvgIpc) is 3.22. The number of rotatable bonds is 5. The minimum Gasteiger partial charge on any atom is -0.457 e. The lowest BCUT2D eigenvalue weighted by Crippen LogP contribution is -2.18. The average molecular weight is 384 g/mol. The zero-order valence-electron chi connectivity index (χ0n) is 16.0. The second kappa shape index (κ2) is 8.02. The van der Waals surface area contributed by atoms with E-state index in [2.05, 4.69) is 5.32 Å². The molecule has 29 heavy (non-hydrogen) atoms. The number of allylic oxidation sites excluding steroid dienone is 3. The molecule has 1 aliphatic carbocycles. The van der Waals surface area contributed by atoms with Crippen molar-refractivity contribution in [3.05, 3.63) is 107 Å². The van der Waals surface area contributed by atoms with Gasteiger partial charge < -0.3 is 14.6 Å². The number of anilines is 1. The molecule has 4 rings (SSSR count). The van der Waals surface area contributed by atoms with Gasteiger partial charge in [0.05, 0.1) is 5.69 Å². The monoisotopic (exact) mass is 384 g/mol. The van der Waals surface area contributed by atoms with E-state index >= 15 is 0 Å². The summed E-state index contributed by atoms with van der Waals surface area (Å²) in [5, 5.41) is 2.84. The number of benzene rings is 2. The van der Waals surface area contributed by atoms with Crippen LogP contribution in [0.4, 0.5) is 5.69 Å². The fourth-order valence-corrected chi connectivity index (χ4v) is 3.13. The third-order valence-electron chi connectivity index (χ3n) is 4.65. The van der Waals surface area contributed by atoms with E-state index in [0.29, 0.717) is 17.7 Å². The Kier molecular flexibility index (Phi) is 5.12. The van der Waals surface area contributed by atoms with Crippen molar-refractivity contribution in [1.82, 2.24) is 4.57 Å². The molecule has 5 nitrogen and oxygen atoms in total. The quantitative estimate of drug-likeness (QED) is 0.703. The Hall–Kier alpha value is -3.86. The predicted molar refractivity (Wildman–Crippen MR) is 114 cm³/mol. The Labute approximate surface area is 168 Å². The smallest absolute Gasteiger partial charge is 0.251 e. The fourth-order valence-electron chi connectivity index (χ4n) is 3.13. The molecule has 0 unspecified atom stereocenters. The number of carbonyl (C=O) groups is 1. The largest absolute Gasteiger partial charge is 0.457 e. The number of amides is 1. The lowest BCUT2D eigenvalue weighted by Gasteiger charge is -2.08. The molecule has 1 amide bonds. The molecule has 0 saturated carbocycles. The molecular weight excluding hydrogens is 364 g/mol. The normalized spacial score (nSPS) is 12.9. The molecule has 1 heterocycles.